The maximum atomic E-state index is 13.4. The second-order valence-corrected chi connectivity index (χ2v) is 7.60. The Labute approximate surface area is 159 Å². The number of aromatic nitrogens is 2. The lowest BCUT2D eigenvalue weighted by Gasteiger charge is -2.35. The normalized spacial score (nSPS) is 22.0. The third kappa shape index (κ3) is 3.24. The van der Waals surface area contributed by atoms with Crippen LogP contribution >= 0.6 is 0 Å². The van der Waals surface area contributed by atoms with Gasteiger partial charge in [0.05, 0.1) is 0 Å². The van der Waals surface area contributed by atoms with E-state index in [9.17, 15) is 9.59 Å². The van der Waals surface area contributed by atoms with Gasteiger partial charge in [0.1, 0.15) is 6.04 Å². The first kappa shape index (κ1) is 17.8. The van der Waals surface area contributed by atoms with Gasteiger partial charge in [-0.25, -0.2) is 4.68 Å². The third-order valence-electron chi connectivity index (χ3n) is 5.63. The number of piperidine rings is 1. The highest BCUT2D eigenvalue weighted by molar-refractivity contribution is 5.91. The first-order valence-corrected chi connectivity index (χ1v) is 9.82. The van der Waals surface area contributed by atoms with Gasteiger partial charge < -0.3 is 9.80 Å². The lowest BCUT2D eigenvalue weighted by molar-refractivity contribution is -0.134. The van der Waals surface area contributed by atoms with Crippen LogP contribution in [0.4, 0.5) is 11.5 Å². The van der Waals surface area contributed by atoms with Crippen molar-refractivity contribution in [2.75, 3.05) is 18.0 Å². The van der Waals surface area contributed by atoms with E-state index in [0.717, 1.165) is 30.8 Å². The average molecular weight is 366 g/mol. The van der Waals surface area contributed by atoms with Gasteiger partial charge in [-0.1, -0.05) is 25.1 Å². The number of rotatable bonds is 3. The molecule has 6 nitrogen and oxygen atoms in total. The number of likely N-dealkylation sites (tertiary alicyclic amines) is 1. The molecule has 0 aliphatic carbocycles. The zero-order chi connectivity index (χ0) is 19.0. The zero-order valence-electron chi connectivity index (χ0n) is 16.0. The van der Waals surface area contributed by atoms with Gasteiger partial charge in [-0.2, -0.15) is 5.10 Å². The molecule has 1 fully saturated rings. The molecule has 0 radical (unpaired) electrons. The van der Waals surface area contributed by atoms with Crippen molar-refractivity contribution in [3.05, 3.63) is 52.3 Å². The summed E-state index contributed by atoms with van der Waals surface area (Å²) in [6, 6.07) is 11.1. The first-order valence-electron chi connectivity index (χ1n) is 9.82. The molecule has 27 heavy (non-hydrogen) atoms. The number of hydrogen-bond acceptors (Lipinski definition) is 4. The van der Waals surface area contributed by atoms with Gasteiger partial charge in [0.15, 0.2) is 5.82 Å². The monoisotopic (exact) mass is 366 g/mol. The molecule has 1 saturated heterocycles. The predicted molar refractivity (Wildman–Crippen MR) is 105 cm³/mol. The summed E-state index contributed by atoms with van der Waals surface area (Å²) in [5.41, 5.74) is 2.04. The number of hydrogen-bond donors (Lipinski definition) is 0. The molecule has 4 rings (SSSR count). The topological polar surface area (TPSA) is 58.4 Å². The zero-order valence-corrected chi connectivity index (χ0v) is 16.0. The van der Waals surface area contributed by atoms with Gasteiger partial charge in [0, 0.05) is 37.8 Å². The number of aryl methyl sites for hydroxylation is 1. The summed E-state index contributed by atoms with van der Waals surface area (Å²) in [7, 11) is 0. The van der Waals surface area contributed by atoms with Crippen molar-refractivity contribution in [2.45, 2.75) is 45.7 Å². The largest absolute Gasteiger partial charge is 0.341 e. The van der Waals surface area contributed by atoms with E-state index in [4.69, 9.17) is 0 Å². The standard InChI is InChI=1S/C21H26N4O2/c1-3-24-20(26)11-10-19(22-24)25-17-9-5-4-8-16(17)13-18(25)21(27)23-12-6-7-15(2)14-23/h4-5,8-11,15,18H,3,6-7,12-14H2,1-2H3/t15-,18-/m0/s1. The first-order chi connectivity index (χ1) is 13.1. The minimum atomic E-state index is -0.303. The van der Waals surface area contributed by atoms with Crippen molar-refractivity contribution in [2.24, 2.45) is 5.92 Å². The van der Waals surface area contributed by atoms with Crippen LogP contribution in [0.1, 0.15) is 32.3 Å². The summed E-state index contributed by atoms with van der Waals surface area (Å²) in [6.45, 7) is 6.25. The van der Waals surface area contributed by atoms with Gasteiger partial charge in [0.25, 0.3) is 5.56 Å². The van der Waals surface area contributed by atoms with Crippen LogP contribution < -0.4 is 10.5 Å². The van der Waals surface area contributed by atoms with Crippen LogP contribution in [0, 0.1) is 5.92 Å². The number of para-hydroxylation sites is 1. The van der Waals surface area contributed by atoms with Gasteiger partial charge in [-0.3, -0.25) is 9.59 Å². The van der Waals surface area contributed by atoms with E-state index in [0.29, 0.717) is 24.7 Å². The van der Waals surface area contributed by atoms with Crippen LogP contribution in [-0.4, -0.2) is 39.7 Å². The van der Waals surface area contributed by atoms with E-state index >= 15 is 0 Å². The molecular weight excluding hydrogens is 340 g/mol. The third-order valence-corrected chi connectivity index (χ3v) is 5.63. The molecule has 0 N–H and O–H groups in total. The van der Waals surface area contributed by atoms with Crippen molar-refractivity contribution in [1.29, 1.82) is 0 Å². The molecule has 0 saturated carbocycles. The van der Waals surface area contributed by atoms with Crippen LogP contribution in [-0.2, 0) is 17.8 Å². The van der Waals surface area contributed by atoms with Gasteiger partial charge in [-0.15, -0.1) is 0 Å². The minimum absolute atomic E-state index is 0.124. The summed E-state index contributed by atoms with van der Waals surface area (Å²) in [6.07, 6.45) is 2.92. The molecule has 142 valence electrons. The van der Waals surface area contributed by atoms with E-state index < -0.39 is 0 Å². The maximum Gasteiger partial charge on any atom is 0.266 e. The van der Waals surface area contributed by atoms with Crippen molar-refractivity contribution < 1.29 is 4.79 Å². The molecular formula is C21H26N4O2. The Kier molecular flexibility index (Phi) is 4.72. The summed E-state index contributed by atoms with van der Waals surface area (Å²) in [4.78, 5) is 29.4. The van der Waals surface area contributed by atoms with Crippen LogP contribution in [0.15, 0.2) is 41.2 Å². The molecule has 1 aromatic carbocycles. The number of carbonyl (C=O) groups excluding carboxylic acids is 1. The Morgan fingerprint density at radius 2 is 2.04 bits per heavy atom. The van der Waals surface area contributed by atoms with Crippen LogP contribution in [0.25, 0.3) is 0 Å². The van der Waals surface area contributed by atoms with Gasteiger partial charge in [-0.05, 0) is 43.4 Å². The van der Waals surface area contributed by atoms with Crippen molar-refractivity contribution in [1.82, 2.24) is 14.7 Å². The van der Waals surface area contributed by atoms with Gasteiger partial charge >= 0.3 is 0 Å². The van der Waals surface area contributed by atoms with E-state index in [1.165, 1.54) is 17.2 Å². The van der Waals surface area contributed by atoms with E-state index in [-0.39, 0.29) is 17.5 Å². The molecule has 0 unspecified atom stereocenters. The molecule has 2 aliphatic rings. The fourth-order valence-corrected chi connectivity index (χ4v) is 4.26. The maximum absolute atomic E-state index is 13.4. The minimum Gasteiger partial charge on any atom is -0.341 e. The second kappa shape index (κ2) is 7.18. The van der Waals surface area contributed by atoms with E-state index in [1.54, 1.807) is 6.07 Å². The number of anilines is 2. The number of benzene rings is 1. The Hall–Kier alpha value is -2.63. The molecule has 2 atom stereocenters. The molecule has 6 heteroatoms. The molecule has 1 aromatic heterocycles. The van der Waals surface area contributed by atoms with Crippen LogP contribution in [0.2, 0.25) is 0 Å². The second-order valence-electron chi connectivity index (χ2n) is 7.60. The van der Waals surface area contributed by atoms with E-state index in [2.05, 4.69) is 18.1 Å². The summed E-state index contributed by atoms with van der Waals surface area (Å²) in [5.74, 6) is 1.36. The van der Waals surface area contributed by atoms with Crippen LogP contribution in [0.3, 0.4) is 0 Å². The lowest BCUT2D eigenvalue weighted by atomic mass is 9.99. The molecule has 0 spiro atoms. The average Bonchev–Trinajstić information content (AvgIpc) is 3.07. The molecule has 2 aliphatic heterocycles. The Morgan fingerprint density at radius 1 is 1.22 bits per heavy atom. The molecule has 2 aromatic rings. The molecule has 3 heterocycles. The van der Waals surface area contributed by atoms with Crippen molar-refractivity contribution in [3.8, 4) is 0 Å². The summed E-state index contributed by atoms with van der Waals surface area (Å²) in [5, 5.41) is 4.52. The number of nitrogens with zero attached hydrogens (tertiary/aromatic N) is 4. The Bertz CT molecular complexity index is 907. The van der Waals surface area contributed by atoms with Crippen molar-refractivity contribution in [3.63, 3.8) is 0 Å². The highest BCUT2D eigenvalue weighted by Crippen LogP contribution is 2.38. The smallest absolute Gasteiger partial charge is 0.266 e. The highest BCUT2D eigenvalue weighted by atomic mass is 16.2. The highest BCUT2D eigenvalue weighted by Gasteiger charge is 2.39. The quantitative estimate of drug-likeness (QED) is 0.838. The fourth-order valence-electron chi connectivity index (χ4n) is 4.26. The SMILES string of the molecule is CCn1nc(N2c3ccccc3C[C@H]2C(=O)N2CCC[C@H](C)C2)ccc1=O. The number of fused-ring (bicyclic) bond motifs is 1. The number of amides is 1. The summed E-state index contributed by atoms with van der Waals surface area (Å²) >= 11 is 0. The van der Waals surface area contributed by atoms with Crippen LogP contribution in [0.5, 0.6) is 0 Å². The van der Waals surface area contributed by atoms with Crippen molar-refractivity contribution >= 4 is 17.4 Å². The fraction of sp³-hybridized carbons (Fsp3) is 0.476. The Morgan fingerprint density at radius 3 is 2.81 bits per heavy atom. The molecule has 1 amide bonds. The molecule has 0 bridgehead atoms. The van der Waals surface area contributed by atoms with Gasteiger partial charge in [0.2, 0.25) is 5.91 Å². The number of carbonyl (C=O) groups is 1. The summed E-state index contributed by atoms with van der Waals surface area (Å²) < 4.78 is 1.45. The Balaban J connectivity index is 1.73. The van der Waals surface area contributed by atoms with E-state index in [1.807, 2.05) is 34.9 Å². The predicted octanol–water partition coefficient (Wildman–Crippen LogP) is 2.58. The lowest BCUT2D eigenvalue weighted by Crippen LogP contribution is -2.49.